The Morgan fingerprint density at radius 1 is 1.20 bits per heavy atom. The third-order valence-corrected chi connectivity index (χ3v) is 7.82. The number of hydrogen-bond acceptors (Lipinski definition) is 11. The number of aliphatic hydroxyl groups excluding tert-OH is 4. The zero-order valence-corrected chi connectivity index (χ0v) is 23.5. The summed E-state index contributed by atoms with van der Waals surface area (Å²) < 4.78 is 22.0. The molecule has 9 atom stereocenters. The van der Waals surface area contributed by atoms with Crippen molar-refractivity contribution in [1.82, 2.24) is 0 Å². The van der Waals surface area contributed by atoms with Crippen LogP contribution in [-0.4, -0.2) is 98.8 Å². The van der Waals surface area contributed by atoms with Crippen LogP contribution >= 0.6 is 0 Å². The zero-order chi connectivity index (χ0) is 29.8. The number of aromatic hydroxyl groups is 1. The number of carbonyl (C=O) groups excluding carboxylic acids is 1. The molecule has 2 fully saturated rings. The molecule has 0 bridgehead atoms. The molecule has 224 valence electrons. The lowest BCUT2D eigenvalue weighted by atomic mass is 9.59. The molecule has 1 aromatic rings. The molecule has 1 aromatic carbocycles. The van der Waals surface area contributed by atoms with Crippen molar-refractivity contribution in [2.75, 3.05) is 13.7 Å². The Kier molecular flexibility index (Phi) is 10.4. The van der Waals surface area contributed by atoms with E-state index in [1.165, 1.54) is 25.3 Å². The van der Waals surface area contributed by atoms with Crippen molar-refractivity contribution in [2.45, 2.75) is 89.1 Å². The third-order valence-electron chi connectivity index (χ3n) is 7.82. The summed E-state index contributed by atoms with van der Waals surface area (Å²) >= 11 is 0. The number of phenols is 1. The lowest BCUT2D eigenvalue weighted by Gasteiger charge is -2.52. The van der Waals surface area contributed by atoms with Crippen LogP contribution in [0.15, 0.2) is 36.4 Å². The van der Waals surface area contributed by atoms with E-state index in [9.17, 15) is 35.4 Å². The van der Waals surface area contributed by atoms with Gasteiger partial charge in [0.05, 0.1) is 24.9 Å². The second kappa shape index (κ2) is 13.0. The van der Waals surface area contributed by atoms with Crippen molar-refractivity contribution in [3.63, 3.8) is 0 Å². The minimum atomic E-state index is -1.61. The molecule has 6 N–H and O–H groups in total. The van der Waals surface area contributed by atoms with E-state index in [2.05, 4.69) is 0 Å². The van der Waals surface area contributed by atoms with Crippen LogP contribution in [-0.2, 0) is 19.0 Å². The van der Waals surface area contributed by atoms with Gasteiger partial charge in [-0.2, -0.15) is 0 Å². The van der Waals surface area contributed by atoms with Crippen LogP contribution in [0.25, 0.3) is 6.08 Å². The summed E-state index contributed by atoms with van der Waals surface area (Å²) in [6, 6.07) is 4.53. The Hall–Kier alpha value is -2.51. The Bertz CT molecular complexity index is 1070. The van der Waals surface area contributed by atoms with Crippen molar-refractivity contribution in [2.24, 2.45) is 11.3 Å². The van der Waals surface area contributed by atoms with Crippen LogP contribution in [0.2, 0.25) is 0 Å². The van der Waals surface area contributed by atoms with E-state index in [-0.39, 0.29) is 17.4 Å². The van der Waals surface area contributed by atoms with Crippen LogP contribution in [0, 0.1) is 11.3 Å². The van der Waals surface area contributed by atoms with Gasteiger partial charge in [0.1, 0.15) is 31.0 Å². The first-order valence-corrected chi connectivity index (χ1v) is 13.3. The van der Waals surface area contributed by atoms with Gasteiger partial charge in [-0.15, -0.1) is 0 Å². The number of aliphatic hydroxyl groups is 5. The number of methoxy groups -OCH3 is 1. The molecule has 0 unspecified atom stereocenters. The minimum Gasteiger partial charge on any atom is -0.504 e. The molecule has 0 spiro atoms. The maximum atomic E-state index is 12.3. The maximum Gasteiger partial charge on any atom is 0.330 e. The van der Waals surface area contributed by atoms with Crippen LogP contribution in [0.3, 0.4) is 0 Å². The molecule has 1 aliphatic carbocycles. The normalized spacial score (nSPS) is 35.1. The van der Waals surface area contributed by atoms with Gasteiger partial charge in [-0.1, -0.05) is 39.0 Å². The zero-order valence-electron chi connectivity index (χ0n) is 23.5. The molecule has 11 nitrogen and oxygen atoms in total. The Morgan fingerprint density at radius 2 is 1.90 bits per heavy atom. The molecule has 1 aliphatic heterocycles. The molecule has 40 heavy (non-hydrogen) atoms. The highest BCUT2D eigenvalue weighted by Gasteiger charge is 2.53. The number of phenolic OH excluding ortho intramolecular Hbond substituents is 1. The number of carbonyl (C=O) groups is 1. The predicted octanol–water partition coefficient (Wildman–Crippen LogP) is 1.27. The summed E-state index contributed by atoms with van der Waals surface area (Å²) in [5.74, 6) is -0.819. The lowest BCUT2D eigenvalue weighted by Crippen LogP contribution is -2.61. The molecule has 1 saturated heterocycles. The van der Waals surface area contributed by atoms with Gasteiger partial charge in [0.15, 0.2) is 17.8 Å². The third kappa shape index (κ3) is 7.22. The van der Waals surface area contributed by atoms with Crippen LogP contribution in [0.5, 0.6) is 11.5 Å². The SMILES string of the molecule is COc1cc(/C=C/C(=O)OC[C@H]2O[C@@H](O[C@H]3C[C@@H](C)[C@](O)(/C=C/[C@@H](C)O)C(C)(C)C3)[C@H](O)[C@@H](O)[C@@H]2O)ccc1O. The Labute approximate surface area is 234 Å². The molecular formula is C29H42O11. The molecule has 0 aromatic heterocycles. The topological polar surface area (TPSA) is 175 Å². The van der Waals surface area contributed by atoms with Crippen molar-refractivity contribution < 1.29 is 54.4 Å². The van der Waals surface area contributed by atoms with Crippen molar-refractivity contribution in [1.29, 1.82) is 0 Å². The summed E-state index contributed by atoms with van der Waals surface area (Å²) in [6.07, 6.45) is -1.78. The van der Waals surface area contributed by atoms with E-state index < -0.39 is 66.5 Å². The molecular weight excluding hydrogens is 524 g/mol. The van der Waals surface area contributed by atoms with E-state index in [4.69, 9.17) is 18.9 Å². The molecule has 0 amide bonds. The number of esters is 1. The predicted molar refractivity (Wildman–Crippen MR) is 144 cm³/mol. The van der Waals surface area contributed by atoms with Crippen molar-refractivity contribution in [3.8, 4) is 11.5 Å². The lowest BCUT2D eigenvalue weighted by molar-refractivity contribution is -0.319. The number of hydrogen-bond donors (Lipinski definition) is 6. The Morgan fingerprint density at radius 3 is 2.52 bits per heavy atom. The average molecular weight is 567 g/mol. The van der Waals surface area contributed by atoms with Gasteiger partial charge in [-0.05, 0) is 54.9 Å². The minimum absolute atomic E-state index is 0.0433. The van der Waals surface area contributed by atoms with Gasteiger partial charge in [-0.25, -0.2) is 4.79 Å². The fourth-order valence-corrected chi connectivity index (χ4v) is 5.37. The number of ether oxygens (including phenoxy) is 4. The van der Waals surface area contributed by atoms with E-state index in [0.717, 1.165) is 6.08 Å². The molecule has 3 rings (SSSR count). The van der Waals surface area contributed by atoms with Crippen molar-refractivity contribution >= 4 is 12.0 Å². The second-order valence-electron chi connectivity index (χ2n) is 11.3. The van der Waals surface area contributed by atoms with E-state index in [1.54, 1.807) is 25.1 Å². The fourth-order valence-electron chi connectivity index (χ4n) is 5.37. The smallest absolute Gasteiger partial charge is 0.330 e. The quantitative estimate of drug-likeness (QED) is 0.144. The van der Waals surface area contributed by atoms with Crippen LogP contribution in [0.4, 0.5) is 0 Å². The van der Waals surface area contributed by atoms with E-state index >= 15 is 0 Å². The molecule has 2 aliphatic rings. The highest BCUT2D eigenvalue weighted by atomic mass is 16.7. The van der Waals surface area contributed by atoms with Crippen molar-refractivity contribution in [3.05, 3.63) is 42.0 Å². The van der Waals surface area contributed by atoms with Gasteiger partial charge >= 0.3 is 5.97 Å². The van der Waals surface area contributed by atoms with Crippen LogP contribution < -0.4 is 4.74 Å². The monoisotopic (exact) mass is 566 g/mol. The largest absolute Gasteiger partial charge is 0.504 e. The first kappa shape index (κ1) is 32.0. The summed E-state index contributed by atoms with van der Waals surface area (Å²) in [5.41, 5.74) is -1.30. The summed E-state index contributed by atoms with van der Waals surface area (Å²) in [5, 5.41) is 62.2. The molecule has 11 heteroatoms. The summed E-state index contributed by atoms with van der Waals surface area (Å²) in [7, 11) is 1.40. The first-order valence-electron chi connectivity index (χ1n) is 13.3. The highest BCUT2D eigenvalue weighted by Crippen LogP contribution is 2.49. The summed E-state index contributed by atoms with van der Waals surface area (Å²) in [6.45, 7) is 6.82. The maximum absolute atomic E-state index is 12.3. The molecule has 1 saturated carbocycles. The molecule has 1 heterocycles. The van der Waals surface area contributed by atoms with Gasteiger partial charge in [0.2, 0.25) is 0 Å². The van der Waals surface area contributed by atoms with Gasteiger partial charge in [0.25, 0.3) is 0 Å². The highest BCUT2D eigenvalue weighted by molar-refractivity contribution is 5.87. The second-order valence-corrected chi connectivity index (χ2v) is 11.3. The Balaban J connectivity index is 1.62. The average Bonchev–Trinajstić information content (AvgIpc) is 2.89. The van der Waals surface area contributed by atoms with E-state index in [0.29, 0.717) is 18.4 Å². The first-order chi connectivity index (χ1) is 18.7. The standard InChI is InChI=1S/C29H42O11/c1-16-12-19(14-28(3,4)29(16,36)11-10-17(2)30)39-27-26(35)25(34)24(33)22(40-27)15-38-23(32)9-7-18-6-8-20(31)21(13-18)37-5/h6-11,13,16-17,19,22,24-27,30-31,33-36H,12,14-15H2,1-5H3/b9-7+,11-10+/t16-,17-,19+,22-,24-,25+,26-,27-,29-/m1/s1. The molecule has 0 radical (unpaired) electrons. The van der Waals surface area contributed by atoms with E-state index in [1.807, 2.05) is 20.8 Å². The van der Waals surface area contributed by atoms with Gasteiger partial charge < -0.3 is 49.6 Å². The summed E-state index contributed by atoms with van der Waals surface area (Å²) in [4.78, 5) is 12.3. The number of benzene rings is 1. The van der Waals surface area contributed by atoms with Gasteiger partial charge in [0, 0.05) is 6.08 Å². The number of rotatable bonds is 9. The van der Waals surface area contributed by atoms with Gasteiger partial charge in [-0.3, -0.25) is 0 Å². The van der Waals surface area contributed by atoms with Crippen LogP contribution in [0.1, 0.15) is 46.1 Å². The fraction of sp³-hybridized carbons (Fsp3) is 0.621.